The van der Waals surface area contributed by atoms with E-state index in [0.717, 1.165) is 24.6 Å². The third-order valence-corrected chi connectivity index (χ3v) is 8.43. The van der Waals surface area contributed by atoms with Crippen LogP contribution in [0.4, 0.5) is 0 Å². The van der Waals surface area contributed by atoms with Crippen molar-refractivity contribution in [1.82, 2.24) is 0 Å². The molecule has 1 aromatic heterocycles. The largest absolute Gasteiger partial charge is 0.493 e. The standard InChI is InChI=1S/C25H30O4/c1-16-10-13-25(5)23(2,3)21(26)11-12-24(25,4)19(16)15-28-18-8-6-17-7-9-22(27)29-20(17)14-18/h6-9,14,19H,1,10-13,15H2,2-5H3/t19-,24-,25+/m0/s1. The Morgan fingerprint density at radius 3 is 2.55 bits per heavy atom. The highest BCUT2D eigenvalue weighted by atomic mass is 16.5. The molecule has 0 radical (unpaired) electrons. The molecule has 2 aliphatic rings. The van der Waals surface area contributed by atoms with Gasteiger partial charge in [0.05, 0.1) is 6.61 Å². The average Bonchev–Trinajstić information content (AvgIpc) is 2.67. The number of ketones is 1. The van der Waals surface area contributed by atoms with Gasteiger partial charge >= 0.3 is 5.63 Å². The number of rotatable bonds is 3. The first kappa shape index (κ1) is 19.9. The highest BCUT2D eigenvalue weighted by Crippen LogP contribution is 2.67. The lowest BCUT2D eigenvalue weighted by Crippen LogP contribution is -2.61. The summed E-state index contributed by atoms with van der Waals surface area (Å²) >= 11 is 0. The summed E-state index contributed by atoms with van der Waals surface area (Å²) in [6, 6.07) is 8.75. The van der Waals surface area contributed by atoms with Gasteiger partial charge in [-0.15, -0.1) is 0 Å². The van der Waals surface area contributed by atoms with Crippen molar-refractivity contribution in [3.63, 3.8) is 0 Å². The van der Waals surface area contributed by atoms with Crippen LogP contribution in [-0.2, 0) is 4.79 Å². The summed E-state index contributed by atoms with van der Waals surface area (Å²) in [6.07, 6.45) is 3.39. The molecule has 2 saturated carbocycles. The van der Waals surface area contributed by atoms with Crippen molar-refractivity contribution >= 4 is 16.8 Å². The predicted octanol–water partition coefficient (Wildman–Crippen LogP) is 5.54. The maximum absolute atomic E-state index is 12.7. The summed E-state index contributed by atoms with van der Waals surface area (Å²) in [5.41, 5.74) is 0.864. The van der Waals surface area contributed by atoms with Crippen LogP contribution in [0.25, 0.3) is 11.0 Å². The Morgan fingerprint density at radius 1 is 1.07 bits per heavy atom. The fraction of sp³-hybridized carbons (Fsp3) is 0.520. The van der Waals surface area contributed by atoms with E-state index in [2.05, 4.69) is 34.3 Å². The topological polar surface area (TPSA) is 56.5 Å². The zero-order valence-corrected chi connectivity index (χ0v) is 17.8. The quantitative estimate of drug-likeness (QED) is 0.507. The molecule has 0 unspecified atom stereocenters. The first-order valence-corrected chi connectivity index (χ1v) is 10.5. The van der Waals surface area contributed by atoms with E-state index in [0.29, 0.717) is 30.1 Å². The van der Waals surface area contributed by atoms with Crippen LogP contribution in [0.1, 0.15) is 53.4 Å². The van der Waals surface area contributed by atoms with E-state index < -0.39 is 0 Å². The first-order valence-electron chi connectivity index (χ1n) is 10.5. The van der Waals surface area contributed by atoms with Crippen molar-refractivity contribution in [2.24, 2.45) is 22.2 Å². The van der Waals surface area contributed by atoms with Gasteiger partial charge in [0, 0.05) is 35.3 Å². The third-order valence-electron chi connectivity index (χ3n) is 8.43. The van der Waals surface area contributed by atoms with Crippen molar-refractivity contribution < 1.29 is 13.9 Å². The van der Waals surface area contributed by atoms with Gasteiger partial charge in [-0.25, -0.2) is 4.79 Å². The molecule has 0 N–H and O–H groups in total. The molecule has 4 rings (SSSR count). The fourth-order valence-corrected chi connectivity index (χ4v) is 5.79. The van der Waals surface area contributed by atoms with Gasteiger partial charge in [-0.3, -0.25) is 4.79 Å². The molecule has 4 nitrogen and oxygen atoms in total. The molecular formula is C25H30O4. The highest BCUT2D eigenvalue weighted by molar-refractivity contribution is 5.86. The number of ether oxygens (including phenoxy) is 1. The SMILES string of the molecule is C=C1CC[C@]2(C)C(C)(C)C(=O)CC[C@@]2(C)[C@H]1COc1ccc2ccc(=O)oc2c1. The van der Waals surface area contributed by atoms with Gasteiger partial charge in [0.2, 0.25) is 0 Å². The lowest BCUT2D eigenvalue weighted by molar-refractivity contribution is -0.168. The molecule has 0 spiro atoms. The van der Waals surface area contributed by atoms with Crippen molar-refractivity contribution in [2.75, 3.05) is 6.61 Å². The normalized spacial score (nSPS) is 31.5. The molecule has 29 heavy (non-hydrogen) atoms. The Labute approximate surface area is 171 Å². The summed E-state index contributed by atoms with van der Waals surface area (Å²) in [7, 11) is 0. The number of hydrogen-bond donors (Lipinski definition) is 0. The number of carbonyl (C=O) groups excluding carboxylic acids is 1. The van der Waals surface area contributed by atoms with Crippen LogP contribution in [0.3, 0.4) is 0 Å². The van der Waals surface area contributed by atoms with E-state index >= 15 is 0 Å². The minimum absolute atomic E-state index is 0.0524. The number of Topliss-reactive ketones (excluding diaryl/α,β-unsaturated/α-hetero) is 1. The first-order chi connectivity index (χ1) is 13.6. The van der Waals surface area contributed by atoms with Crippen molar-refractivity contribution in [3.8, 4) is 5.75 Å². The van der Waals surface area contributed by atoms with Crippen LogP contribution >= 0.6 is 0 Å². The summed E-state index contributed by atoms with van der Waals surface area (Å²) in [4.78, 5) is 24.3. The molecular weight excluding hydrogens is 364 g/mol. The zero-order valence-electron chi connectivity index (χ0n) is 17.8. The van der Waals surface area contributed by atoms with Gasteiger partial charge in [-0.2, -0.15) is 0 Å². The molecule has 1 heterocycles. The summed E-state index contributed by atoms with van der Waals surface area (Å²) < 4.78 is 11.5. The monoisotopic (exact) mass is 394 g/mol. The average molecular weight is 395 g/mol. The summed E-state index contributed by atoms with van der Waals surface area (Å²) in [5, 5.41) is 0.867. The van der Waals surface area contributed by atoms with Crippen LogP contribution in [0.15, 0.2) is 51.7 Å². The second-order valence-corrected chi connectivity index (χ2v) is 9.77. The van der Waals surface area contributed by atoms with Gasteiger partial charge in [-0.05, 0) is 48.3 Å². The van der Waals surface area contributed by atoms with Gasteiger partial charge in [0.25, 0.3) is 0 Å². The zero-order chi connectivity index (χ0) is 21.0. The van der Waals surface area contributed by atoms with Crippen molar-refractivity contribution in [3.05, 3.63) is 52.9 Å². The van der Waals surface area contributed by atoms with Crippen LogP contribution in [0, 0.1) is 22.2 Å². The second kappa shape index (κ2) is 6.58. The molecule has 154 valence electrons. The summed E-state index contributed by atoms with van der Waals surface area (Å²) in [5.74, 6) is 1.22. The van der Waals surface area contributed by atoms with Crippen LogP contribution in [-0.4, -0.2) is 12.4 Å². The number of hydrogen-bond acceptors (Lipinski definition) is 4. The molecule has 2 aromatic rings. The smallest absolute Gasteiger partial charge is 0.336 e. The molecule has 0 bridgehead atoms. The van der Waals surface area contributed by atoms with Gasteiger partial charge < -0.3 is 9.15 Å². The summed E-state index contributed by atoms with van der Waals surface area (Å²) in [6.45, 7) is 13.7. The van der Waals surface area contributed by atoms with Crippen molar-refractivity contribution in [2.45, 2.75) is 53.4 Å². The van der Waals surface area contributed by atoms with E-state index in [1.807, 2.05) is 12.1 Å². The lowest BCUT2D eigenvalue weighted by Gasteiger charge is -2.64. The molecule has 0 amide bonds. The minimum atomic E-state index is -0.368. The predicted molar refractivity (Wildman–Crippen MR) is 114 cm³/mol. The molecule has 2 fully saturated rings. The third kappa shape index (κ3) is 2.87. The van der Waals surface area contributed by atoms with Crippen molar-refractivity contribution in [1.29, 1.82) is 0 Å². The van der Waals surface area contributed by atoms with E-state index in [4.69, 9.17) is 9.15 Å². The molecule has 4 heteroatoms. The molecule has 1 aromatic carbocycles. The van der Waals surface area contributed by atoms with E-state index in [1.54, 1.807) is 12.1 Å². The maximum atomic E-state index is 12.7. The van der Waals surface area contributed by atoms with E-state index in [-0.39, 0.29) is 27.8 Å². The Bertz CT molecular complexity index is 1050. The van der Waals surface area contributed by atoms with E-state index in [9.17, 15) is 9.59 Å². The fourth-order valence-electron chi connectivity index (χ4n) is 5.79. The van der Waals surface area contributed by atoms with Gasteiger partial charge in [0.15, 0.2) is 0 Å². The van der Waals surface area contributed by atoms with E-state index in [1.165, 1.54) is 11.6 Å². The molecule has 0 aliphatic heterocycles. The Morgan fingerprint density at radius 2 is 1.79 bits per heavy atom. The number of benzene rings is 1. The molecule has 2 aliphatic carbocycles. The van der Waals surface area contributed by atoms with Crippen LogP contribution in [0.5, 0.6) is 5.75 Å². The second-order valence-electron chi connectivity index (χ2n) is 9.77. The van der Waals surface area contributed by atoms with Crippen LogP contribution in [0.2, 0.25) is 0 Å². The lowest BCUT2D eigenvalue weighted by atomic mass is 9.40. The maximum Gasteiger partial charge on any atom is 0.336 e. The molecule has 0 saturated heterocycles. The van der Waals surface area contributed by atoms with Gasteiger partial charge in [0.1, 0.15) is 17.1 Å². The molecule has 3 atom stereocenters. The Kier molecular flexibility index (Phi) is 4.52. The Hall–Kier alpha value is -2.36. The minimum Gasteiger partial charge on any atom is -0.493 e. The van der Waals surface area contributed by atoms with Crippen LogP contribution < -0.4 is 10.4 Å². The number of fused-ring (bicyclic) bond motifs is 2. The number of carbonyl (C=O) groups is 1. The Balaban J connectivity index is 1.63. The van der Waals surface area contributed by atoms with Gasteiger partial charge in [-0.1, -0.05) is 39.8 Å². The highest BCUT2D eigenvalue weighted by Gasteiger charge is 2.63.